The van der Waals surface area contributed by atoms with Crippen LogP contribution in [0.1, 0.15) is 246 Å². The molecule has 0 aromatic carbocycles. The van der Waals surface area contributed by atoms with Gasteiger partial charge in [-0.2, -0.15) is 0 Å². The summed E-state index contributed by atoms with van der Waals surface area (Å²) in [6, 6.07) is 0. The highest BCUT2D eigenvalue weighted by Crippen LogP contribution is 2.21. The fraction of sp³-hybridized carbons (Fsp3) is 1.00. The quantitative estimate of drug-likeness (QED) is 0.0337. The minimum absolute atomic E-state index is 0. The van der Waals surface area contributed by atoms with Gasteiger partial charge in [-0.25, -0.2) is 0 Å². The van der Waals surface area contributed by atoms with Crippen LogP contribution in [-0.2, 0) is 0 Å². The van der Waals surface area contributed by atoms with Crippen LogP contribution in [0.25, 0.3) is 0 Å². The van der Waals surface area contributed by atoms with Crippen molar-refractivity contribution in [3.8, 4) is 0 Å². The van der Waals surface area contributed by atoms with E-state index in [1.807, 2.05) is 0 Å². The second-order valence-corrected chi connectivity index (χ2v) is 14.8. The van der Waals surface area contributed by atoms with Crippen molar-refractivity contribution in [2.45, 2.75) is 246 Å². The van der Waals surface area contributed by atoms with Gasteiger partial charge in [-0.3, -0.25) is 0 Å². The maximum absolute atomic E-state index is 2.36. The van der Waals surface area contributed by atoms with Crippen LogP contribution in [-0.4, -0.2) is 30.7 Å². The minimum Gasteiger partial charge on any atom is -1.00 e. The van der Waals surface area contributed by atoms with E-state index in [9.17, 15) is 0 Å². The molecule has 0 amide bonds. The molecule has 0 saturated carbocycles. The second-order valence-electron chi connectivity index (χ2n) is 14.8. The van der Waals surface area contributed by atoms with Gasteiger partial charge >= 0.3 is 0 Å². The van der Waals surface area contributed by atoms with Gasteiger partial charge < -0.3 is 28.5 Å². The number of hydrogen-bond acceptors (Lipinski definition) is 0. The van der Waals surface area contributed by atoms with Crippen molar-refractivity contribution in [1.82, 2.24) is 0 Å². The van der Waals surface area contributed by atoms with E-state index in [4.69, 9.17) is 0 Å². The zero-order valence-electron chi connectivity index (χ0n) is 31.7. The molecule has 0 N–H and O–H groups in total. The Labute approximate surface area is 299 Å². The normalized spacial score (nSPS) is 11.7. The van der Waals surface area contributed by atoms with Crippen LogP contribution in [0.3, 0.4) is 0 Å². The van der Waals surface area contributed by atoms with Gasteiger partial charge in [-0.15, -0.1) is 0 Å². The molecule has 0 radical (unpaired) electrons. The van der Waals surface area contributed by atoms with Crippen molar-refractivity contribution in [3.63, 3.8) is 0 Å². The number of unbranched alkanes of at least 4 members (excludes halogenated alkanes) is 30. The van der Waals surface area contributed by atoms with Gasteiger partial charge in [-0.1, -0.05) is 195 Å². The molecule has 0 saturated heterocycles. The van der Waals surface area contributed by atoms with Crippen LogP contribution in [0.5, 0.6) is 0 Å². The van der Waals surface area contributed by atoms with E-state index in [0.717, 1.165) is 0 Å². The molecular formula is C42H88IN. The van der Waals surface area contributed by atoms with Gasteiger partial charge in [0, 0.05) is 0 Å². The Morgan fingerprint density at radius 3 is 0.500 bits per heavy atom. The molecule has 0 unspecified atom stereocenters. The fourth-order valence-electron chi connectivity index (χ4n) is 7.35. The van der Waals surface area contributed by atoms with Crippen molar-refractivity contribution in [2.24, 2.45) is 0 Å². The Bertz CT molecular complexity index is 448. The molecule has 268 valence electrons. The molecule has 0 atom stereocenters. The molecule has 44 heavy (non-hydrogen) atoms. The molecule has 2 heteroatoms. The monoisotopic (exact) mass is 734 g/mol. The third kappa shape index (κ3) is 34.0. The molecule has 0 aromatic rings. The summed E-state index contributed by atoms with van der Waals surface area (Å²) in [5, 5.41) is 0. The largest absolute Gasteiger partial charge is 1.00 e. The topological polar surface area (TPSA) is 0 Å². The minimum atomic E-state index is 0. The Hall–Kier alpha value is 0.690. The lowest BCUT2D eigenvalue weighted by atomic mass is 10.0. The molecular weight excluding hydrogens is 645 g/mol. The first kappa shape index (κ1) is 46.8. The summed E-state index contributed by atoms with van der Waals surface area (Å²) < 4.78 is 1.48. The van der Waals surface area contributed by atoms with Crippen LogP contribution < -0.4 is 24.0 Å². The number of rotatable bonds is 38. The van der Waals surface area contributed by atoms with Gasteiger partial charge in [-0.05, 0) is 51.4 Å². The van der Waals surface area contributed by atoms with E-state index in [2.05, 4.69) is 27.7 Å². The van der Waals surface area contributed by atoms with E-state index in [0.29, 0.717) is 0 Å². The molecule has 0 heterocycles. The maximum Gasteiger partial charge on any atom is 0.0786 e. The van der Waals surface area contributed by atoms with Crippen molar-refractivity contribution in [2.75, 3.05) is 26.2 Å². The fourth-order valence-corrected chi connectivity index (χ4v) is 7.35. The third-order valence-corrected chi connectivity index (χ3v) is 10.4. The predicted octanol–water partition coefficient (Wildman–Crippen LogP) is 12.2. The lowest BCUT2D eigenvalue weighted by Gasteiger charge is -2.40. The lowest BCUT2D eigenvalue weighted by Crippen LogP contribution is -3.00. The number of nitrogens with zero attached hydrogens (tertiary/aromatic N) is 1. The summed E-state index contributed by atoms with van der Waals surface area (Å²) >= 11 is 0. The summed E-state index contributed by atoms with van der Waals surface area (Å²) in [6.07, 6.45) is 49.7. The first-order chi connectivity index (χ1) is 21.2. The first-order valence-electron chi connectivity index (χ1n) is 21.1. The van der Waals surface area contributed by atoms with Crippen LogP contribution in [0.4, 0.5) is 0 Å². The summed E-state index contributed by atoms with van der Waals surface area (Å²) in [4.78, 5) is 0. The smallest absolute Gasteiger partial charge is 0.0786 e. The molecule has 0 rings (SSSR count). The number of hydrogen-bond donors (Lipinski definition) is 0. The summed E-state index contributed by atoms with van der Waals surface area (Å²) in [7, 11) is 0. The number of quaternary nitrogens is 1. The van der Waals surface area contributed by atoms with E-state index < -0.39 is 0 Å². The molecule has 0 aliphatic heterocycles. The molecule has 0 spiro atoms. The van der Waals surface area contributed by atoms with Crippen LogP contribution >= 0.6 is 0 Å². The Morgan fingerprint density at radius 2 is 0.341 bits per heavy atom. The van der Waals surface area contributed by atoms with Crippen molar-refractivity contribution < 1.29 is 28.5 Å². The highest BCUT2D eigenvalue weighted by molar-refractivity contribution is 4.56. The van der Waals surface area contributed by atoms with E-state index in [-0.39, 0.29) is 24.0 Å². The third-order valence-electron chi connectivity index (χ3n) is 10.4. The van der Waals surface area contributed by atoms with E-state index in [1.54, 1.807) is 0 Å². The Morgan fingerprint density at radius 1 is 0.205 bits per heavy atom. The van der Waals surface area contributed by atoms with Gasteiger partial charge in [0.15, 0.2) is 0 Å². The predicted molar refractivity (Wildman–Crippen MR) is 199 cm³/mol. The van der Waals surface area contributed by atoms with Crippen molar-refractivity contribution in [1.29, 1.82) is 0 Å². The van der Waals surface area contributed by atoms with Gasteiger partial charge in [0.25, 0.3) is 0 Å². The Kier molecular flexibility index (Phi) is 42.4. The molecule has 0 aliphatic rings. The van der Waals surface area contributed by atoms with E-state index >= 15 is 0 Å². The van der Waals surface area contributed by atoms with Gasteiger partial charge in [0.2, 0.25) is 0 Å². The van der Waals surface area contributed by atoms with E-state index in [1.165, 1.54) is 249 Å². The Balaban J connectivity index is 0. The van der Waals surface area contributed by atoms with Gasteiger partial charge in [0.1, 0.15) is 0 Å². The SMILES string of the molecule is CCCCCCCCCCCCCC[N+](CCCCCCC)(CCCCCCC)CCCCCCCCCCCCCC.[I-]. The molecule has 0 bridgehead atoms. The summed E-state index contributed by atoms with van der Waals surface area (Å²) in [5.41, 5.74) is 0. The molecule has 0 fully saturated rings. The molecule has 0 aliphatic carbocycles. The first-order valence-corrected chi connectivity index (χ1v) is 21.1. The van der Waals surface area contributed by atoms with Crippen LogP contribution in [0.15, 0.2) is 0 Å². The highest BCUT2D eigenvalue weighted by atomic mass is 127. The maximum atomic E-state index is 2.36. The average molecular weight is 734 g/mol. The number of halogens is 1. The van der Waals surface area contributed by atoms with Crippen LogP contribution in [0.2, 0.25) is 0 Å². The summed E-state index contributed by atoms with van der Waals surface area (Å²) in [6.45, 7) is 15.3. The lowest BCUT2D eigenvalue weighted by molar-refractivity contribution is -0.929. The zero-order chi connectivity index (χ0) is 31.4. The second kappa shape index (κ2) is 39.9. The highest BCUT2D eigenvalue weighted by Gasteiger charge is 2.25. The molecule has 0 aromatic heterocycles. The summed E-state index contributed by atoms with van der Waals surface area (Å²) in [5.74, 6) is 0. The van der Waals surface area contributed by atoms with Crippen molar-refractivity contribution in [3.05, 3.63) is 0 Å². The van der Waals surface area contributed by atoms with Crippen LogP contribution in [0, 0.1) is 0 Å². The zero-order valence-corrected chi connectivity index (χ0v) is 33.9. The molecule has 1 nitrogen and oxygen atoms in total. The van der Waals surface area contributed by atoms with Crippen molar-refractivity contribution >= 4 is 0 Å². The standard InChI is InChI=1S/C42H88N.HI/c1-5-9-13-17-19-21-23-25-27-29-33-37-41-43(39-35-31-15-11-7-3,40-36-32-16-12-8-4)42-38-34-30-28-26-24-22-20-18-14-10-6-2;/h5-42H2,1-4H3;1H/q+1;/p-1. The average Bonchev–Trinajstić information content (AvgIpc) is 3.02. The van der Waals surface area contributed by atoms with Gasteiger partial charge in [0.05, 0.1) is 26.2 Å².